The number of urea groups is 1. The zero-order chi connectivity index (χ0) is 20.4. The fourth-order valence-corrected chi connectivity index (χ4v) is 4.60. The van der Waals surface area contributed by atoms with Crippen LogP contribution in [0.3, 0.4) is 0 Å². The largest absolute Gasteiger partial charge is 0.331 e. The summed E-state index contributed by atoms with van der Waals surface area (Å²) in [6.45, 7) is 0. The van der Waals surface area contributed by atoms with Crippen LogP contribution in [0, 0.1) is 11.8 Å². The van der Waals surface area contributed by atoms with Crippen molar-refractivity contribution in [2.75, 3.05) is 11.9 Å². The molecule has 1 spiro atoms. The second kappa shape index (κ2) is 7.93. The van der Waals surface area contributed by atoms with Gasteiger partial charge in [-0.05, 0) is 43.2 Å². The average Bonchev–Trinajstić information content (AvgIpc) is 2.73. The fourth-order valence-electron chi connectivity index (χ4n) is 4.33. The van der Waals surface area contributed by atoms with Crippen LogP contribution in [0.2, 0.25) is 5.02 Å². The first-order valence-electron chi connectivity index (χ1n) is 9.98. The Morgan fingerprint density at radius 2 is 1.62 bits per heavy atom. The molecule has 4 nitrogen and oxygen atoms in total. The van der Waals surface area contributed by atoms with Gasteiger partial charge in [0.2, 0.25) is 5.91 Å². The van der Waals surface area contributed by atoms with Crippen LogP contribution in [0.25, 0.3) is 0 Å². The van der Waals surface area contributed by atoms with Crippen molar-refractivity contribution in [2.45, 2.75) is 44.1 Å². The summed E-state index contributed by atoms with van der Waals surface area (Å²) in [6.07, 6.45) is 5.40. The molecule has 29 heavy (non-hydrogen) atoms. The Labute approximate surface area is 176 Å². The molecule has 2 fully saturated rings. The van der Waals surface area contributed by atoms with Gasteiger partial charge in [-0.3, -0.25) is 4.79 Å². The monoisotopic (exact) mass is 406 g/mol. The minimum Gasteiger partial charge on any atom is -0.321 e. The van der Waals surface area contributed by atoms with Crippen LogP contribution >= 0.6 is 11.6 Å². The normalized spacial score (nSPS) is 18.6. The van der Waals surface area contributed by atoms with Gasteiger partial charge in [-0.25, -0.2) is 9.69 Å². The van der Waals surface area contributed by atoms with Crippen molar-refractivity contribution in [3.8, 4) is 11.8 Å². The van der Waals surface area contributed by atoms with Crippen LogP contribution < -0.4 is 4.90 Å². The van der Waals surface area contributed by atoms with Gasteiger partial charge in [-0.15, -0.1) is 0 Å². The molecule has 1 aliphatic carbocycles. The van der Waals surface area contributed by atoms with Crippen LogP contribution in [0.15, 0.2) is 48.5 Å². The molecule has 2 aromatic rings. The molecule has 1 aliphatic heterocycles. The lowest BCUT2D eigenvalue weighted by atomic mass is 9.77. The van der Waals surface area contributed by atoms with Gasteiger partial charge in [0.05, 0.1) is 22.7 Å². The molecular weight excluding hydrogens is 384 g/mol. The number of carbonyl (C=O) groups is 2. The first-order chi connectivity index (χ1) is 14.0. The Bertz CT molecular complexity index is 1000. The molecule has 148 valence electrons. The Morgan fingerprint density at radius 1 is 0.931 bits per heavy atom. The lowest BCUT2D eigenvalue weighted by Gasteiger charge is -2.49. The Morgan fingerprint density at radius 3 is 2.31 bits per heavy atom. The highest BCUT2D eigenvalue weighted by atomic mass is 35.5. The summed E-state index contributed by atoms with van der Waals surface area (Å²) >= 11 is 6.47. The highest BCUT2D eigenvalue weighted by Gasteiger charge is 2.48. The Hall–Kier alpha value is -2.77. The molecule has 0 radical (unpaired) electrons. The van der Waals surface area contributed by atoms with Crippen molar-refractivity contribution in [3.05, 3.63) is 64.7 Å². The number of rotatable bonds is 1. The zero-order valence-electron chi connectivity index (χ0n) is 16.5. The molecular formula is C24H23ClN2O2. The number of imide groups is 1. The summed E-state index contributed by atoms with van der Waals surface area (Å²) in [5.74, 6) is 5.98. The number of carbonyl (C=O) groups excluding carboxylic acids is 2. The van der Waals surface area contributed by atoms with Gasteiger partial charge in [-0.2, -0.15) is 0 Å². The number of amides is 3. The number of nitrogens with zero attached hydrogens (tertiary/aromatic N) is 2. The smallest absolute Gasteiger partial charge is 0.321 e. The van der Waals surface area contributed by atoms with E-state index in [0.29, 0.717) is 17.1 Å². The SMILES string of the molecule is CN1C(=O)N(c2ccc(C#Cc3ccccc3)cc2Cl)C(=O)CC12CCCCC2. The topological polar surface area (TPSA) is 40.6 Å². The van der Waals surface area contributed by atoms with Gasteiger partial charge in [0.1, 0.15) is 0 Å². The molecule has 4 rings (SSSR count). The van der Waals surface area contributed by atoms with Gasteiger partial charge < -0.3 is 4.90 Å². The molecule has 2 aliphatic rings. The number of hydrogen-bond acceptors (Lipinski definition) is 2. The number of halogens is 1. The first kappa shape index (κ1) is 19.5. The van der Waals surface area contributed by atoms with E-state index in [1.54, 1.807) is 30.1 Å². The van der Waals surface area contributed by atoms with Crippen molar-refractivity contribution < 1.29 is 9.59 Å². The average molecular weight is 407 g/mol. The predicted octanol–water partition coefficient (Wildman–Crippen LogP) is 5.23. The van der Waals surface area contributed by atoms with Crippen LogP contribution in [0.1, 0.15) is 49.7 Å². The molecule has 0 bridgehead atoms. The molecule has 1 saturated heterocycles. The van der Waals surface area contributed by atoms with E-state index in [4.69, 9.17) is 11.6 Å². The van der Waals surface area contributed by atoms with E-state index >= 15 is 0 Å². The minimum atomic E-state index is -0.337. The van der Waals surface area contributed by atoms with Crippen LogP contribution in [-0.4, -0.2) is 29.4 Å². The summed E-state index contributed by atoms with van der Waals surface area (Å²) in [4.78, 5) is 29.0. The molecule has 0 aromatic heterocycles. The summed E-state index contributed by atoms with van der Waals surface area (Å²) in [6, 6.07) is 14.6. The second-order valence-corrected chi connectivity index (χ2v) is 8.22. The van der Waals surface area contributed by atoms with E-state index in [9.17, 15) is 9.59 Å². The summed E-state index contributed by atoms with van der Waals surface area (Å²) in [5, 5.41) is 0.347. The summed E-state index contributed by atoms with van der Waals surface area (Å²) in [7, 11) is 1.81. The third kappa shape index (κ3) is 3.75. The zero-order valence-corrected chi connectivity index (χ0v) is 17.2. The number of benzene rings is 2. The third-order valence-electron chi connectivity index (χ3n) is 6.02. The van der Waals surface area contributed by atoms with Crippen molar-refractivity contribution >= 4 is 29.2 Å². The Kier molecular flexibility index (Phi) is 5.34. The molecule has 1 heterocycles. The third-order valence-corrected chi connectivity index (χ3v) is 6.32. The van der Waals surface area contributed by atoms with Crippen molar-refractivity contribution in [3.63, 3.8) is 0 Å². The van der Waals surface area contributed by atoms with E-state index < -0.39 is 0 Å². The second-order valence-electron chi connectivity index (χ2n) is 7.81. The van der Waals surface area contributed by atoms with Crippen molar-refractivity contribution in [1.82, 2.24) is 4.90 Å². The molecule has 3 amide bonds. The van der Waals surface area contributed by atoms with E-state index in [1.165, 1.54) is 11.3 Å². The fraction of sp³-hybridized carbons (Fsp3) is 0.333. The van der Waals surface area contributed by atoms with Crippen molar-refractivity contribution in [1.29, 1.82) is 0 Å². The standard InChI is InChI=1S/C24H23ClN2O2/c1-26-23(29)27(22(28)17-24(26)14-6-3-7-15-24)21-13-12-19(16-20(21)25)11-10-18-8-4-2-5-9-18/h2,4-5,8-9,12-13,16H,3,6-7,14-15,17H2,1H3. The van der Waals surface area contributed by atoms with E-state index in [2.05, 4.69) is 11.8 Å². The first-order valence-corrected chi connectivity index (χ1v) is 10.4. The summed E-state index contributed by atoms with van der Waals surface area (Å²) in [5.41, 5.74) is 1.73. The van der Waals surface area contributed by atoms with Gasteiger partial charge in [0.25, 0.3) is 0 Å². The summed E-state index contributed by atoms with van der Waals surface area (Å²) < 4.78 is 0. The lowest BCUT2D eigenvalue weighted by Crippen LogP contribution is -2.63. The van der Waals surface area contributed by atoms with Gasteiger partial charge in [0.15, 0.2) is 0 Å². The van der Waals surface area contributed by atoms with Gasteiger partial charge >= 0.3 is 6.03 Å². The maximum absolute atomic E-state index is 13.1. The Balaban J connectivity index is 1.59. The van der Waals surface area contributed by atoms with Crippen molar-refractivity contribution in [2.24, 2.45) is 0 Å². The predicted molar refractivity (Wildman–Crippen MR) is 115 cm³/mol. The van der Waals surface area contributed by atoms with Gasteiger partial charge in [-0.1, -0.05) is 60.9 Å². The highest BCUT2D eigenvalue weighted by molar-refractivity contribution is 6.35. The molecule has 0 unspecified atom stereocenters. The molecule has 1 saturated carbocycles. The lowest BCUT2D eigenvalue weighted by molar-refractivity contribution is -0.123. The molecule has 2 aromatic carbocycles. The van der Waals surface area contributed by atoms with Gasteiger partial charge in [0, 0.05) is 18.2 Å². The van der Waals surface area contributed by atoms with E-state index in [-0.39, 0.29) is 17.5 Å². The maximum Gasteiger partial charge on any atom is 0.331 e. The molecule has 5 heteroatoms. The molecule has 0 atom stereocenters. The van der Waals surface area contributed by atoms with Crippen LogP contribution in [0.5, 0.6) is 0 Å². The number of hydrogen-bond donors (Lipinski definition) is 0. The molecule has 0 N–H and O–H groups in total. The van der Waals surface area contributed by atoms with Crippen LogP contribution in [0.4, 0.5) is 10.5 Å². The highest BCUT2D eigenvalue weighted by Crippen LogP contribution is 2.41. The minimum absolute atomic E-state index is 0.181. The maximum atomic E-state index is 13.1. The number of anilines is 1. The quantitative estimate of drug-likeness (QED) is 0.608. The van der Waals surface area contributed by atoms with E-state index in [0.717, 1.165) is 36.8 Å². The van der Waals surface area contributed by atoms with Crippen LogP contribution in [-0.2, 0) is 4.79 Å². The van der Waals surface area contributed by atoms with E-state index in [1.807, 2.05) is 30.3 Å².